The molecule has 1 aromatic carbocycles. The van der Waals surface area contributed by atoms with Crippen LogP contribution in [-0.4, -0.2) is 17.7 Å². The fourth-order valence-electron chi connectivity index (χ4n) is 1.75. The van der Waals surface area contributed by atoms with E-state index in [9.17, 15) is 14.4 Å². The molecule has 2 rings (SSSR count). The van der Waals surface area contributed by atoms with Gasteiger partial charge in [-0.1, -0.05) is 30.3 Å². The summed E-state index contributed by atoms with van der Waals surface area (Å²) >= 11 is 1.07. The van der Waals surface area contributed by atoms with Gasteiger partial charge in [0, 0.05) is 5.38 Å². The van der Waals surface area contributed by atoms with Gasteiger partial charge >= 0.3 is 0 Å². The zero-order chi connectivity index (χ0) is 15.4. The number of nitrogens with one attached hydrogen (secondary N) is 1. The number of carbonyl (C=O) groups excluding carboxylic acids is 3. The van der Waals surface area contributed by atoms with E-state index in [1.165, 1.54) is 11.4 Å². The molecule has 0 spiro atoms. The van der Waals surface area contributed by atoms with Gasteiger partial charge in [0.2, 0.25) is 11.8 Å². The van der Waals surface area contributed by atoms with Crippen molar-refractivity contribution < 1.29 is 14.4 Å². The maximum absolute atomic E-state index is 12.1. The van der Waals surface area contributed by atoms with E-state index in [1.807, 2.05) is 0 Å². The number of benzene rings is 1. The van der Waals surface area contributed by atoms with Gasteiger partial charge in [0.1, 0.15) is 6.04 Å². The fraction of sp³-hybridized carbons (Fsp3) is 0.0714. The van der Waals surface area contributed by atoms with Crippen molar-refractivity contribution in [3.63, 3.8) is 0 Å². The zero-order valence-corrected chi connectivity index (χ0v) is 11.7. The molecule has 1 aromatic heterocycles. The molecule has 6 nitrogen and oxygen atoms in total. The summed E-state index contributed by atoms with van der Waals surface area (Å²) < 4.78 is 0. The van der Waals surface area contributed by atoms with E-state index in [4.69, 9.17) is 11.5 Å². The normalized spacial score (nSPS) is 11.6. The summed E-state index contributed by atoms with van der Waals surface area (Å²) in [6, 6.07) is 9.12. The molecule has 0 saturated carbocycles. The molecule has 0 aliphatic rings. The maximum atomic E-state index is 12.1. The van der Waals surface area contributed by atoms with E-state index in [2.05, 4.69) is 5.32 Å². The summed E-state index contributed by atoms with van der Waals surface area (Å²) in [5.41, 5.74) is 11.3. The highest BCUT2D eigenvalue weighted by Gasteiger charge is 2.21. The van der Waals surface area contributed by atoms with Crippen LogP contribution < -0.4 is 16.8 Å². The Morgan fingerprint density at radius 3 is 2.29 bits per heavy atom. The van der Waals surface area contributed by atoms with Gasteiger partial charge in [0.15, 0.2) is 0 Å². The van der Waals surface area contributed by atoms with E-state index in [0.29, 0.717) is 5.56 Å². The average Bonchev–Trinajstić information content (AvgIpc) is 2.95. The number of rotatable bonds is 5. The fourth-order valence-corrected chi connectivity index (χ4v) is 2.55. The molecule has 0 aliphatic heterocycles. The summed E-state index contributed by atoms with van der Waals surface area (Å²) in [7, 11) is 0. The smallest absolute Gasteiger partial charge is 0.262 e. The monoisotopic (exact) mass is 303 g/mol. The van der Waals surface area contributed by atoms with Crippen molar-refractivity contribution in [3.05, 3.63) is 57.8 Å². The van der Waals surface area contributed by atoms with Crippen LogP contribution in [0.1, 0.15) is 31.6 Å². The maximum Gasteiger partial charge on any atom is 0.262 e. The van der Waals surface area contributed by atoms with Crippen molar-refractivity contribution in [2.24, 2.45) is 11.5 Å². The van der Waals surface area contributed by atoms with Crippen LogP contribution >= 0.6 is 11.3 Å². The van der Waals surface area contributed by atoms with Crippen LogP contribution in [0.3, 0.4) is 0 Å². The molecule has 2 aromatic rings. The van der Waals surface area contributed by atoms with E-state index in [0.717, 1.165) is 11.3 Å². The minimum absolute atomic E-state index is 0.250. The Labute approximate surface area is 124 Å². The number of hydrogen-bond acceptors (Lipinski definition) is 4. The van der Waals surface area contributed by atoms with Crippen LogP contribution in [0.5, 0.6) is 0 Å². The molecule has 0 aliphatic carbocycles. The average molecular weight is 303 g/mol. The molecule has 21 heavy (non-hydrogen) atoms. The van der Waals surface area contributed by atoms with Crippen LogP contribution in [0.15, 0.2) is 41.8 Å². The third-order valence-corrected chi connectivity index (χ3v) is 3.73. The predicted molar refractivity (Wildman–Crippen MR) is 78.7 cm³/mol. The third kappa shape index (κ3) is 3.46. The topological polar surface area (TPSA) is 115 Å². The second kappa shape index (κ2) is 6.19. The standard InChI is InChI=1S/C14H13N3O3S/c15-12(18)9-6-10(21-7-9)14(20)17-11(13(16)19)8-4-2-1-3-5-8/h1-7,11H,(H2,15,18)(H2,16,19)(H,17,20)/t11-/m1/s1. The van der Waals surface area contributed by atoms with Crippen LogP contribution in [0, 0.1) is 0 Å². The lowest BCUT2D eigenvalue weighted by atomic mass is 10.1. The largest absolute Gasteiger partial charge is 0.368 e. The van der Waals surface area contributed by atoms with Crippen molar-refractivity contribution in [2.45, 2.75) is 6.04 Å². The first kappa shape index (κ1) is 14.7. The molecular weight excluding hydrogens is 290 g/mol. The molecule has 0 bridgehead atoms. The number of thiophene rings is 1. The van der Waals surface area contributed by atoms with Gasteiger partial charge < -0.3 is 16.8 Å². The summed E-state index contributed by atoms with van der Waals surface area (Å²) in [5, 5.41) is 4.03. The molecule has 0 unspecified atom stereocenters. The summed E-state index contributed by atoms with van der Waals surface area (Å²) in [6.07, 6.45) is 0. The quantitative estimate of drug-likeness (QED) is 0.758. The van der Waals surface area contributed by atoms with Gasteiger partial charge in [0.25, 0.3) is 5.91 Å². The Bertz CT molecular complexity index is 682. The van der Waals surface area contributed by atoms with Crippen molar-refractivity contribution >= 4 is 29.1 Å². The molecule has 1 heterocycles. The predicted octanol–water partition coefficient (Wildman–Crippen LogP) is 0.803. The van der Waals surface area contributed by atoms with Gasteiger partial charge in [-0.05, 0) is 11.6 Å². The van der Waals surface area contributed by atoms with Crippen molar-refractivity contribution in [3.8, 4) is 0 Å². The Morgan fingerprint density at radius 1 is 1.10 bits per heavy atom. The summed E-state index contributed by atoms with van der Waals surface area (Å²) in [4.78, 5) is 34.9. The molecular formula is C14H13N3O3S. The van der Waals surface area contributed by atoms with Crippen LogP contribution in [-0.2, 0) is 4.79 Å². The summed E-state index contributed by atoms with van der Waals surface area (Å²) in [6.45, 7) is 0. The van der Waals surface area contributed by atoms with Crippen molar-refractivity contribution in [2.75, 3.05) is 0 Å². The van der Waals surface area contributed by atoms with Gasteiger partial charge in [-0.3, -0.25) is 14.4 Å². The minimum atomic E-state index is -0.933. The highest BCUT2D eigenvalue weighted by Crippen LogP contribution is 2.17. The van der Waals surface area contributed by atoms with Gasteiger partial charge in [-0.15, -0.1) is 11.3 Å². The number of amides is 3. The van der Waals surface area contributed by atoms with E-state index in [1.54, 1.807) is 30.3 Å². The first-order valence-corrected chi connectivity index (χ1v) is 6.90. The lowest BCUT2D eigenvalue weighted by Crippen LogP contribution is -2.37. The number of primary amides is 2. The van der Waals surface area contributed by atoms with Crippen LogP contribution in [0.2, 0.25) is 0 Å². The van der Waals surface area contributed by atoms with Gasteiger partial charge in [0.05, 0.1) is 10.4 Å². The molecule has 5 N–H and O–H groups in total. The Hall–Kier alpha value is -2.67. The molecule has 0 radical (unpaired) electrons. The Kier molecular flexibility index (Phi) is 4.34. The second-order valence-corrected chi connectivity index (χ2v) is 5.19. The summed E-state index contributed by atoms with van der Waals surface area (Å²) in [5.74, 6) is -1.76. The van der Waals surface area contributed by atoms with E-state index >= 15 is 0 Å². The molecule has 0 fully saturated rings. The molecule has 0 saturated heterocycles. The molecule has 7 heteroatoms. The highest BCUT2D eigenvalue weighted by molar-refractivity contribution is 7.12. The lowest BCUT2D eigenvalue weighted by molar-refractivity contribution is -0.120. The van der Waals surface area contributed by atoms with Gasteiger partial charge in [-0.25, -0.2) is 0 Å². The second-order valence-electron chi connectivity index (χ2n) is 4.28. The van der Waals surface area contributed by atoms with Gasteiger partial charge in [-0.2, -0.15) is 0 Å². The first-order valence-electron chi connectivity index (χ1n) is 6.02. The molecule has 108 valence electrons. The number of hydrogen-bond donors (Lipinski definition) is 3. The molecule has 3 amide bonds. The van der Waals surface area contributed by atoms with Crippen molar-refractivity contribution in [1.29, 1.82) is 0 Å². The minimum Gasteiger partial charge on any atom is -0.368 e. The third-order valence-electron chi connectivity index (χ3n) is 2.80. The highest BCUT2D eigenvalue weighted by atomic mass is 32.1. The van der Waals surface area contributed by atoms with Crippen LogP contribution in [0.4, 0.5) is 0 Å². The SMILES string of the molecule is NC(=O)c1csc(C(=O)N[C@@H](C(N)=O)c2ccccc2)c1. The Balaban J connectivity index is 2.19. The number of carbonyl (C=O) groups is 3. The van der Waals surface area contributed by atoms with E-state index < -0.39 is 23.8 Å². The molecule has 1 atom stereocenters. The lowest BCUT2D eigenvalue weighted by Gasteiger charge is -2.15. The van der Waals surface area contributed by atoms with Crippen LogP contribution in [0.25, 0.3) is 0 Å². The zero-order valence-electron chi connectivity index (χ0n) is 10.9. The Morgan fingerprint density at radius 2 is 1.76 bits per heavy atom. The van der Waals surface area contributed by atoms with Crippen molar-refractivity contribution in [1.82, 2.24) is 5.32 Å². The van der Waals surface area contributed by atoms with E-state index in [-0.39, 0.29) is 10.4 Å². The first-order chi connectivity index (χ1) is 9.99. The number of nitrogens with two attached hydrogens (primary N) is 2.